The molecule has 6 heterocycles. The molecule has 0 amide bonds. The Morgan fingerprint density at radius 3 is 0.979 bits per heavy atom. The van der Waals surface area contributed by atoms with Gasteiger partial charge in [0.25, 0.3) is 16.6 Å². The number of carbonyl (C=O) groups is 3. The highest BCUT2D eigenvalue weighted by Gasteiger charge is 2.31. The number of unbranched alkanes of at least 4 members (excludes halogenated alkanes) is 6. The van der Waals surface area contributed by atoms with E-state index in [4.69, 9.17) is 41.0 Å². The van der Waals surface area contributed by atoms with E-state index in [9.17, 15) is 14.4 Å². The number of nitrogens with zero attached hydrogens (tertiary/aromatic N) is 6. The summed E-state index contributed by atoms with van der Waals surface area (Å²) in [6.45, 7) is 10.4. The van der Waals surface area contributed by atoms with E-state index in [1.807, 2.05) is 200 Å². The molecule has 19 heteroatoms. The predicted octanol–water partition coefficient (Wildman–Crippen LogP) is 16.0. The van der Waals surface area contributed by atoms with Gasteiger partial charge in [0.15, 0.2) is 36.9 Å². The molecule has 0 saturated heterocycles. The van der Waals surface area contributed by atoms with Crippen molar-refractivity contribution in [3.8, 4) is 17.2 Å². The average molecular weight is 1290 g/mol. The first-order valence-electron chi connectivity index (χ1n) is 32.7. The van der Waals surface area contributed by atoms with Gasteiger partial charge in [-0.2, -0.15) is 13.7 Å². The second-order valence-corrected chi connectivity index (χ2v) is 23.8. The number of aromatic nitrogens is 3. The molecule has 0 atom stereocenters. The highest BCUT2D eigenvalue weighted by atomic mass is 31.2. The van der Waals surface area contributed by atoms with E-state index in [-0.39, 0.29) is 19.3 Å². The van der Waals surface area contributed by atoms with Crippen LogP contribution in [0.25, 0.3) is 51.5 Å². The van der Waals surface area contributed by atoms with E-state index in [0.29, 0.717) is 75.8 Å². The molecule has 0 aliphatic carbocycles. The van der Waals surface area contributed by atoms with Crippen LogP contribution in [0.15, 0.2) is 213 Å². The lowest BCUT2D eigenvalue weighted by atomic mass is 10.2. The molecule has 0 unspecified atom stereocenters. The molecule has 0 bridgehead atoms. The molecule has 482 valence electrons. The van der Waals surface area contributed by atoms with Crippen LogP contribution in [-0.4, -0.2) is 37.5 Å². The number of benzene rings is 6. The van der Waals surface area contributed by atoms with E-state index in [1.54, 1.807) is 0 Å². The number of anilines is 3. The lowest BCUT2D eigenvalue weighted by Crippen LogP contribution is -2.35. The first kappa shape index (κ1) is 63.9. The van der Waals surface area contributed by atoms with Gasteiger partial charge < -0.3 is 55.7 Å². The van der Waals surface area contributed by atoms with Crippen LogP contribution in [0.2, 0.25) is 0 Å². The van der Waals surface area contributed by atoms with Crippen LogP contribution in [0.3, 0.4) is 0 Å². The Hall–Kier alpha value is -10.2. The van der Waals surface area contributed by atoms with Gasteiger partial charge in [-0.05, 0) is 150 Å². The van der Waals surface area contributed by atoms with Gasteiger partial charge in [-0.15, -0.1) is 0 Å². The summed E-state index contributed by atoms with van der Waals surface area (Å²) in [5, 5.41) is 0. The quantitative estimate of drug-likeness (QED) is 0.0237. The van der Waals surface area contributed by atoms with Gasteiger partial charge in [-0.25, -0.2) is 0 Å². The number of rotatable bonds is 30. The van der Waals surface area contributed by atoms with Crippen LogP contribution >= 0.6 is 8.60 Å². The fourth-order valence-corrected chi connectivity index (χ4v) is 12.8. The maximum Gasteiger partial charge on any atom is 0.537 e. The second kappa shape index (κ2) is 31.0. The van der Waals surface area contributed by atoms with Gasteiger partial charge in [0.05, 0.1) is 35.3 Å². The first-order valence-corrected chi connectivity index (χ1v) is 33.8. The molecule has 3 aliphatic heterocycles. The van der Waals surface area contributed by atoms with Crippen LogP contribution in [0, 0.1) is 0 Å². The molecule has 9 aromatic rings. The van der Waals surface area contributed by atoms with Gasteiger partial charge in [-0.3, -0.25) is 14.4 Å². The minimum atomic E-state index is -2.67. The Balaban J connectivity index is 0.648. The minimum Gasteiger partial charge on any atom is -0.439 e. The molecule has 0 spiro atoms. The van der Waals surface area contributed by atoms with Gasteiger partial charge in [0.2, 0.25) is 34.4 Å². The van der Waals surface area contributed by atoms with Gasteiger partial charge >= 0.3 is 44.2 Å². The Kier molecular flexibility index (Phi) is 21.1. The number of carbonyl (C=O) groups excluding carboxylic acids is 3. The molecule has 0 fully saturated rings. The lowest BCUT2D eigenvalue weighted by molar-refractivity contribution is -0.678. The topological polar surface area (TPSA) is 167 Å². The normalized spacial score (nSPS) is 14.8. The number of aryl methyl sites for hydroxylation is 3. The molecule has 0 saturated carbocycles. The monoisotopic (exact) mass is 1290 g/mol. The second-order valence-electron chi connectivity index (χ2n) is 22.8. The zero-order valence-corrected chi connectivity index (χ0v) is 54.2. The van der Waals surface area contributed by atoms with Crippen molar-refractivity contribution in [3.63, 3.8) is 0 Å². The van der Waals surface area contributed by atoms with Crippen LogP contribution in [-0.2, 0) is 47.6 Å². The summed E-state index contributed by atoms with van der Waals surface area (Å²) in [7, 11) is -2.67. The van der Waals surface area contributed by atoms with E-state index >= 15 is 0 Å². The maximum atomic E-state index is 13.6. The van der Waals surface area contributed by atoms with Gasteiger partial charge in [0, 0.05) is 76.4 Å². The van der Waals surface area contributed by atoms with E-state index < -0.39 is 26.5 Å². The van der Waals surface area contributed by atoms with Crippen molar-refractivity contribution in [3.05, 3.63) is 217 Å². The summed E-state index contributed by atoms with van der Waals surface area (Å²) in [6.07, 6.45) is 23.2. The molecular formula is C75H78N6O12P+3. The molecule has 3 aromatic heterocycles. The highest BCUT2D eigenvalue weighted by molar-refractivity contribution is 7.43. The zero-order valence-electron chi connectivity index (χ0n) is 53.3. The third-order valence-electron chi connectivity index (χ3n) is 16.5. The highest BCUT2D eigenvalue weighted by Crippen LogP contribution is 2.43. The van der Waals surface area contributed by atoms with Crippen LogP contribution < -0.4 is 42.6 Å². The van der Waals surface area contributed by atoms with Crippen molar-refractivity contribution in [1.29, 1.82) is 0 Å². The molecule has 94 heavy (non-hydrogen) atoms. The number of hydrogen-bond acceptors (Lipinski definition) is 15. The number of oxazole rings is 3. The summed E-state index contributed by atoms with van der Waals surface area (Å²) in [5.74, 6) is 4.83. The average Bonchev–Trinajstić information content (AvgIpc) is 1.80. The van der Waals surface area contributed by atoms with E-state index in [0.717, 1.165) is 124 Å². The van der Waals surface area contributed by atoms with Gasteiger partial charge in [0.1, 0.15) is 0 Å². The number of ether oxygens (including phenoxy) is 3. The molecule has 18 nitrogen and oxygen atoms in total. The molecule has 0 radical (unpaired) electrons. The van der Waals surface area contributed by atoms with Crippen molar-refractivity contribution in [2.75, 3.05) is 34.3 Å². The van der Waals surface area contributed by atoms with E-state index in [1.165, 1.54) is 0 Å². The summed E-state index contributed by atoms with van der Waals surface area (Å²) < 4.78 is 60.9. The van der Waals surface area contributed by atoms with Crippen LogP contribution in [0.5, 0.6) is 17.2 Å². The van der Waals surface area contributed by atoms with Gasteiger partial charge in [-0.1, -0.05) is 72.8 Å². The summed E-state index contributed by atoms with van der Waals surface area (Å²) in [5.41, 5.74) is 8.22. The Morgan fingerprint density at radius 1 is 0.383 bits per heavy atom. The number of hydrogen-bond donors (Lipinski definition) is 0. The first-order chi connectivity index (χ1) is 46.2. The smallest absolute Gasteiger partial charge is 0.439 e. The minimum absolute atomic E-state index is 0.0316. The van der Waals surface area contributed by atoms with Crippen molar-refractivity contribution in [2.24, 2.45) is 0 Å². The zero-order chi connectivity index (χ0) is 64.6. The number of para-hydroxylation sites is 12. The Labute approximate surface area is 548 Å². The number of fused-ring (bicyclic) bond motifs is 6. The third-order valence-corrected chi connectivity index (χ3v) is 17.6. The SMILES string of the molecule is CCN1/C(=C/C=C/c2oc3ccccc3[n+]2CCCCCC(=O)OP(OC(=O)CCCCC[n+]2c(/C=C/C=C3/Oc4ccccc4N3CC)oc3ccccc32)OC(=O)CCCCC[n+]2c(/C=C/C=C3/Oc4ccccc4N3CC)oc3ccccc32)Oc2ccccc21. The Morgan fingerprint density at radius 2 is 0.670 bits per heavy atom. The standard InChI is InChI=1S/C75H78N6O12P/c1-4-76-55-31-13-19-37-61(55)85-67(76)43-28-46-70-79(58-34-16-22-40-64(58)88-70)52-25-7-10-49-73(82)91-94(92-74(83)50-11-8-26-53-80-59-35-17-23-41-65(59)89-71(80)47-29-44-68-77(5-2)56-32-14-20-38-62(56)86-68)93-75(84)51-12-9-27-54-81-60-36-18-24-42-66(60)90-72(81)48-30-45-69-78(6-3)57-33-15-21-39-63(57)87-69/h13-24,28-48H,4-12,25-27,49-54H2,1-3H3/q+3. The Bertz CT molecular complexity index is 3930. The van der Waals surface area contributed by atoms with Crippen molar-refractivity contribution < 1.29 is 69.1 Å². The fourth-order valence-electron chi connectivity index (χ4n) is 12.0. The molecular weight excluding hydrogens is 1210 g/mol. The molecule has 12 rings (SSSR count). The number of allylic oxidation sites excluding steroid dienone is 6. The van der Waals surface area contributed by atoms with Crippen LogP contribution in [0.4, 0.5) is 17.1 Å². The third kappa shape index (κ3) is 15.1. The molecule has 6 aromatic carbocycles. The lowest BCUT2D eigenvalue weighted by Gasteiger charge is -2.15. The summed E-state index contributed by atoms with van der Waals surface area (Å²) in [6, 6.07) is 47.6. The molecule has 0 N–H and O–H groups in total. The van der Waals surface area contributed by atoms with Crippen LogP contribution in [0.1, 0.15) is 115 Å². The largest absolute Gasteiger partial charge is 0.537 e. The molecule has 3 aliphatic rings. The fraction of sp³-hybridized carbons (Fsp3) is 0.280. The maximum absolute atomic E-state index is 13.6. The predicted molar refractivity (Wildman–Crippen MR) is 361 cm³/mol. The summed E-state index contributed by atoms with van der Waals surface area (Å²) >= 11 is 0. The van der Waals surface area contributed by atoms with Crippen molar-refractivity contribution >= 4 is 95.1 Å². The van der Waals surface area contributed by atoms with E-state index in [2.05, 4.69) is 49.2 Å². The van der Waals surface area contributed by atoms with Crippen molar-refractivity contribution in [2.45, 2.75) is 117 Å². The summed E-state index contributed by atoms with van der Waals surface area (Å²) in [4.78, 5) is 47.1. The van der Waals surface area contributed by atoms with Crippen molar-refractivity contribution in [1.82, 2.24) is 0 Å².